The molecule has 2 aromatic carbocycles. The first-order valence-corrected chi connectivity index (χ1v) is 14.7. The van der Waals surface area contributed by atoms with Gasteiger partial charge in [-0.3, -0.25) is 9.78 Å². The summed E-state index contributed by atoms with van der Waals surface area (Å²) in [5, 5.41) is 4.78. The van der Waals surface area contributed by atoms with Crippen molar-refractivity contribution >= 4 is 23.1 Å². The Bertz CT molecular complexity index is 1620. The maximum absolute atomic E-state index is 12.3. The third-order valence-electron chi connectivity index (χ3n) is 7.01. The fourth-order valence-corrected chi connectivity index (χ4v) is 4.92. The van der Waals surface area contributed by atoms with Crippen LogP contribution in [0.5, 0.6) is 11.5 Å². The summed E-state index contributed by atoms with van der Waals surface area (Å²) >= 11 is 1.41. The second-order valence-electron chi connectivity index (χ2n) is 10.1. The van der Waals surface area contributed by atoms with E-state index in [0.29, 0.717) is 23.9 Å². The molecule has 0 radical (unpaired) electrons. The average Bonchev–Trinajstić information content (AvgIpc) is 3.55. The lowest BCUT2D eigenvalue weighted by Gasteiger charge is -2.17. The van der Waals surface area contributed by atoms with Crippen LogP contribution in [-0.4, -0.2) is 15.9 Å². The fraction of sp³-hybridized carbons (Fsp3) is 0.229. The number of hydrogen-bond acceptors (Lipinski definition) is 6. The summed E-state index contributed by atoms with van der Waals surface area (Å²) in [6.07, 6.45) is 1.89. The molecule has 0 unspecified atom stereocenters. The topological polar surface area (TPSA) is 73.3 Å². The Hall–Kier alpha value is -4.49. The minimum atomic E-state index is -0.137. The summed E-state index contributed by atoms with van der Waals surface area (Å²) in [4.78, 5) is 21.8. The Morgan fingerprint density at radius 3 is 1.83 bits per heavy atom. The Morgan fingerprint density at radius 2 is 1.29 bits per heavy atom. The zero-order valence-corrected chi connectivity index (χ0v) is 25.8. The minimum absolute atomic E-state index is 0.137. The molecule has 0 aliphatic heterocycles. The first kappa shape index (κ1) is 30.5. The van der Waals surface area contributed by atoms with E-state index in [1.54, 1.807) is 6.07 Å². The van der Waals surface area contributed by atoms with Crippen molar-refractivity contribution in [3.63, 3.8) is 0 Å². The first-order chi connectivity index (χ1) is 20.2. The summed E-state index contributed by atoms with van der Waals surface area (Å²) in [6.45, 7) is 13.0. The highest BCUT2D eigenvalue weighted by Crippen LogP contribution is 2.30. The number of aromatic nitrogens is 2. The molecule has 0 atom stereocenters. The molecular formula is C35H37N3O3S. The molecule has 0 fully saturated rings. The Balaban J connectivity index is 0.000000208. The molecule has 216 valence electrons. The van der Waals surface area contributed by atoms with Crippen molar-refractivity contribution in [2.45, 2.75) is 54.8 Å². The first-order valence-electron chi connectivity index (χ1n) is 13.8. The summed E-state index contributed by atoms with van der Waals surface area (Å²) < 4.78 is 11.9. The predicted octanol–water partition coefficient (Wildman–Crippen LogP) is 8.49. The molecule has 5 rings (SSSR count). The molecule has 6 nitrogen and oxygen atoms in total. The van der Waals surface area contributed by atoms with E-state index < -0.39 is 0 Å². The Labute approximate surface area is 252 Å². The number of ether oxygens (including phenoxy) is 2. The lowest BCUT2D eigenvalue weighted by atomic mass is 10.1. The molecule has 3 heterocycles. The predicted molar refractivity (Wildman–Crippen MR) is 171 cm³/mol. The van der Waals surface area contributed by atoms with Crippen molar-refractivity contribution in [3.05, 3.63) is 134 Å². The lowest BCUT2D eigenvalue weighted by Crippen LogP contribution is -2.14. The number of nitrogens with zero attached hydrogens (tertiary/aromatic N) is 2. The van der Waals surface area contributed by atoms with Crippen molar-refractivity contribution in [2.24, 2.45) is 0 Å². The van der Waals surface area contributed by atoms with Crippen molar-refractivity contribution in [1.82, 2.24) is 9.97 Å². The van der Waals surface area contributed by atoms with E-state index in [1.165, 1.54) is 28.0 Å². The number of anilines is 1. The van der Waals surface area contributed by atoms with Crippen LogP contribution in [0.2, 0.25) is 0 Å². The third kappa shape index (κ3) is 7.83. The minimum Gasteiger partial charge on any atom is -0.487 e. The van der Waals surface area contributed by atoms with Crippen LogP contribution in [0.1, 0.15) is 54.4 Å². The van der Waals surface area contributed by atoms with E-state index in [1.807, 2.05) is 93.9 Å². The fourth-order valence-electron chi connectivity index (χ4n) is 4.30. The summed E-state index contributed by atoms with van der Waals surface area (Å²) in [5.74, 6) is 2.13. The maximum atomic E-state index is 12.3. The summed E-state index contributed by atoms with van der Waals surface area (Å²) in [5.41, 5.74) is 8.24. The van der Waals surface area contributed by atoms with Gasteiger partial charge in [0.1, 0.15) is 30.5 Å². The van der Waals surface area contributed by atoms with E-state index in [9.17, 15) is 4.79 Å². The van der Waals surface area contributed by atoms with Gasteiger partial charge in [-0.05, 0) is 86.4 Å². The van der Waals surface area contributed by atoms with E-state index in [0.717, 1.165) is 39.6 Å². The van der Waals surface area contributed by atoms with Crippen molar-refractivity contribution in [2.75, 3.05) is 5.32 Å². The number of amides is 1. The largest absolute Gasteiger partial charge is 0.487 e. The van der Waals surface area contributed by atoms with Crippen molar-refractivity contribution in [1.29, 1.82) is 0 Å². The monoisotopic (exact) mass is 579 g/mol. The normalized spacial score (nSPS) is 10.4. The standard InChI is InChI=1S/C20H20N2O2S.C15H17NO/c1-13-14(2)19(22-20(23)17-10-7-11-25-17)21-15(3)18(13)24-12-16-8-5-4-6-9-16;1-11-9-16-13(3)15(12(11)2)17-10-14-7-5-4-6-8-14/h4-11H,12H2,1-3H3,(H,21,22,23);4-9H,10H2,1-3H3. The summed E-state index contributed by atoms with van der Waals surface area (Å²) in [6, 6.07) is 23.9. The van der Waals surface area contributed by atoms with Crippen molar-refractivity contribution in [3.8, 4) is 11.5 Å². The SMILES string of the molecule is Cc1cnc(C)c(OCc2ccccc2)c1C.Cc1nc(NC(=O)c2cccs2)c(C)c(C)c1OCc1ccccc1. The van der Waals surface area contributed by atoms with Gasteiger partial charge in [0.15, 0.2) is 0 Å². The van der Waals surface area contributed by atoms with Gasteiger partial charge in [-0.2, -0.15) is 0 Å². The highest BCUT2D eigenvalue weighted by molar-refractivity contribution is 7.12. The van der Waals surface area contributed by atoms with Gasteiger partial charge in [0, 0.05) is 6.20 Å². The van der Waals surface area contributed by atoms with Crippen LogP contribution in [0.4, 0.5) is 5.82 Å². The van der Waals surface area contributed by atoms with Crippen LogP contribution in [0.25, 0.3) is 0 Å². The van der Waals surface area contributed by atoms with Gasteiger partial charge in [0.2, 0.25) is 0 Å². The molecule has 0 bridgehead atoms. The number of thiophene rings is 1. The quantitative estimate of drug-likeness (QED) is 0.200. The number of carbonyl (C=O) groups is 1. The van der Waals surface area contributed by atoms with Crippen LogP contribution in [-0.2, 0) is 13.2 Å². The lowest BCUT2D eigenvalue weighted by molar-refractivity contribution is 0.103. The molecule has 0 spiro atoms. The maximum Gasteiger partial charge on any atom is 0.266 e. The van der Waals surface area contributed by atoms with Gasteiger partial charge in [-0.25, -0.2) is 4.98 Å². The Kier molecular flexibility index (Phi) is 10.5. The molecule has 5 aromatic rings. The molecule has 0 saturated heterocycles. The van der Waals surface area contributed by atoms with Gasteiger partial charge in [-0.15, -0.1) is 11.3 Å². The molecule has 0 aliphatic carbocycles. The van der Waals surface area contributed by atoms with Gasteiger partial charge in [0.25, 0.3) is 5.91 Å². The van der Waals surface area contributed by atoms with Crippen LogP contribution >= 0.6 is 11.3 Å². The number of pyridine rings is 2. The second kappa shape index (κ2) is 14.4. The average molecular weight is 580 g/mol. The van der Waals surface area contributed by atoms with Gasteiger partial charge < -0.3 is 14.8 Å². The second-order valence-corrected chi connectivity index (χ2v) is 11.0. The van der Waals surface area contributed by atoms with Crippen LogP contribution in [0.3, 0.4) is 0 Å². The van der Waals surface area contributed by atoms with E-state index in [4.69, 9.17) is 9.47 Å². The van der Waals surface area contributed by atoms with E-state index >= 15 is 0 Å². The van der Waals surface area contributed by atoms with E-state index in [-0.39, 0.29) is 5.91 Å². The zero-order chi connectivity index (χ0) is 30.1. The molecule has 1 amide bonds. The third-order valence-corrected chi connectivity index (χ3v) is 7.88. The summed E-state index contributed by atoms with van der Waals surface area (Å²) in [7, 11) is 0. The van der Waals surface area contributed by atoms with E-state index in [2.05, 4.69) is 41.3 Å². The molecule has 7 heteroatoms. The van der Waals surface area contributed by atoms with Gasteiger partial charge >= 0.3 is 0 Å². The smallest absolute Gasteiger partial charge is 0.266 e. The number of carbonyl (C=O) groups excluding carboxylic acids is 1. The Morgan fingerprint density at radius 1 is 0.714 bits per heavy atom. The van der Waals surface area contributed by atoms with Crippen molar-refractivity contribution < 1.29 is 14.3 Å². The number of benzene rings is 2. The number of rotatable bonds is 8. The van der Waals surface area contributed by atoms with Crippen LogP contribution in [0, 0.1) is 41.5 Å². The molecule has 3 aromatic heterocycles. The number of aryl methyl sites for hydroxylation is 3. The molecule has 1 N–H and O–H groups in total. The van der Waals surface area contributed by atoms with Gasteiger partial charge in [-0.1, -0.05) is 66.7 Å². The molecule has 0 aliphatic rings. The van der Waals surface area contributed by atoms with Crippen LogP contribution < -0.4 is 14.8 Å². The van der Waals surface area contributed by atoms with Crippen LogP contribution in [0.15, 0.2) is 84.4 Å². The number of hydrogen-bond donors (Lipinski definition) is 1. The number of nitrogens with one attached hydrogen (secondary N) is 1. The molecular weight excluding hydrogens is 542 g/mol. The zero-order valence-electron chi connectivity index (χ0n) is 25.0. The molecule has 0 saturated carbocycles. The highest BCUT2D eigenvalue weighted by Gasteiger charge is 2.16. The highest BCUT2D eigenvalue weighted by atomic mass is 32.1. The molecule has 42 heavy (non-hydrogen) atoms. The van der Waals surface area contributed by atoms with Gasteiger partial charge in [0.05, 0.1) is 16.3 Å².